The van der Waals surface area contributed by atoms with Crippen LogP contribution in [0, 0.1) is 6.92 Å². The third-order valence-corrected chi connectivity index (χ3v) is 9.35. The number of aromatic carboxylic acids is 1. The number of rotatable bonds is 7. The Hall–Kier alpha value is -4.96. The molecular formula is C35H37N5O5. The zero-order valence-corrected chi connectivity index (χ0v) is 25.3. The maximum atomic E-state index is 13.5. The Morgan fingerprint density at radius 3 is 2.18 bits per heavy atom. The van der Waals surface area contributed by atoms with Crippen molar-refractivity contribution >= 4 is 46.3 Å². The number of anilines is 2. The van der Waals surface area contributed by atoms with Gasteiger partial charge in [-0.05, 0) is 93.2 Å². The van der Waals surface area contributed by atoms with Crippen LogP contribution in [0.15, 0.2) is 66.7 Å². The average molecular weight is 608 g/mol. The van der Waals surface area contributed by atoms with Crippen LogP contribution < -0.4 is 16.4 Å². The molecule has 10 nitrogen and oxygen atoms in total. The number of primary amides is 1. The van der Waals surface area contributed by atoms with E-state index >= 15 is 0 Å². The zero-order valence-electron chi connectivity index (χ0n) is 25.3. The molecule has 0 bridgehead atoms. The van der Waals surface area contributed by atoms with E-state index < -0.39 is 11.5 Å². The molecule has 0 saturated carbocycles. The van der Waals surface area contributed by atoms with Gasteiger partial charge in [0.05, 0.1) is 22.5 Å². The van der Waals surface area contributed by atoms with Crippen LogP contribution in [0.3, 0.4) is 0 Å². The Labute approximate surface area is 261 Å². The number of carboxylic acids is 1. The molecule has 3 aromatic carbocycles. The van der Waals surface area contributed by atoms with E-state index in [1.165, 1.54) is 12.5 Å². The van der Waals surface area contributed by atoms with E-state index in [-0.39, 0.29) is 23.3 Å². The molecule has 3 aromatic rings. The van der Waals surface area contributed by atoms with Crippen LogP contribution in [0.25, 0.3) is 11.3 Å². The lowest BCUT2D eigenvalue weighted by atomic mass is 9.83. The third-order valence-electron chi connectivity index (χ3n) is 9.35. The Balaban J connectivity index is 1.24. The topological polar surface area (TPSA) is 145 Å². The number of amides is 3. The molecule has 3 amide bonds. The number of nitrogens with one attached hydrogen (secondary N) is 2. The molecule has 0 aliphatic carbocycles. The van der Waals surface area contributed by atoms with Crippen molar-refractivity contribution < 1.29 is 24.3 Å². The maximum Gasteiger partial charge on any atom is 0.336 e. The first-order valence-corrected chi connectivity index (χ1v) is 15.4. The van der Waals surface area contributed by atoms with Gasteiger partial charge in [-0.2, -0.15) is 0 Å². The Bertz CT molecular complexity index is 1690. The molecule has 0 spiro atoms. The molecule has 2 fully saturated rings. The van der Waals surface area contributed by atoms with Crippen molar-refractivity contribution in [1.82, 2.24) is 9.80 Å². The highest BCUT2D eigenvalue weighted by molar-refractivity contribution is 6.37. The number of benzene rings is 3. The largest absolute Gasteiger partial charge is 0.478 e. The van der Waals surface area contributed by atoms with Gasteiger partial charge in [-0.25, -0.2) is 4.79 Å². The van der Waals surface area contributed by atoms with Crippen molar-refractivity contribution in [2.24, 2.45) is 5.73 Å². The molecule has 0 atom stereocenters. The second-order valence-corrected chi connectivity index (χ2v) is 12.0. The highest BCUT2D eigenvalue weighted by Gasteiger charge is 2.45. The van der Waals surface area contributed by atoms with Gasteiger partial charge in [0.15, 0.2) is 0 Å². The van der Waals surface area contributed by atoms with Gasteiger partial charge in [0.1, 0.15) is 5.54 Å². The van der Waals surface area contributed by atoms with E-state index in [0.29, 0.717) is 65.3 Å². The van der Waals surface area contributed by atoms with Gasteiger partial charge in [0.2, 0.25) is 5.91 Å². The minimum atomic E-state index is -1.06. The predicted molar refractivity (Wildman–Crippen MR) is 173 cm³/mol. The minimum absolute atomic E-state index is 0.103. The highest BCUT2D eigenvalue weighted by atomic mass is 16.4. The van der Waals surface area contributed by atoms with Gasteiger partial charge >= 0.3 is 5.97 Å². The molecule has 45 heavy (non-hydrogen) atoms. The Kier molecular flexibility index (Phi) is 8.16. The number of carboxylic acid groups (broad SMARTS) is 1. The van der Waals surface area contributed by atoms with Crippen molar-refractivity contribution in [2.75, 3.05) is 36.8 Å². The summed E-state index contributed by atoms with van der Waals surface area (Å²) in [6.07, 6.45) is 4.34. The second kappa shape index (κ2) is 12.2. The van der Waals surface area contributed by atoms with E-state index in [0.717, 1.165) is 31.5 Å². The van der Waals surface area contributed by atoms with Crippen LogP contribution in [0.4, 0.5) is 11.4 Å². The lowest BCUT2D eigenvalue weighted by molar-refractivity contribution is -0.134. The number of nitrogens with two attached hydrogens (primary N) is 1. The number of nitrogens with zero attached hydrogens (tertiary/aromatic N) is 2. The van der Waals surface area contributed by atoms with Crippen LogP contribution in [-0.2, 0) is 9.59 Å². The number of hydrogen-bond donors (Lipinski definition) is 4. The number of piperidine rings is 2. The summed E-state index contributed by atoms with van der Waals surface area (Å²) in [6.45, 7) is 4.35. The van der Waals surface area contributed by atoms with Gasteiger partial charge in [-0.15, -0.1) is 0 Å². The molecule has 10 heteroatoms. The molecule has 0 aromatic heterocycles. The van der Waals surface area contributed by atoms with E-state index in [2.05, 4.69) is 15.5 Å². The van der Waals surface area contributed by atoms with Gasteiger partial charge in [0, 0.05) is 29.9 Å². The first kappa shape index (κ1) is 30.1. The molecule has 6 rings (SSSR count). The van der Waals surface area contributed by atoms with Gasteiger partial charge in [0.25, 0.3) is 11.8 Å². The summed E-state index contributed by atoms with van der Waals surface area (Å²) in [7, 11) is 0. The van der Waals surface area contributed by atoms with Crippen LogP contribution in [0.1, 0.15) is 69.5 Å². The van der Waals surface area contributed by atoms with Gasteiger partial charge < -0.3 is 26.4 Å². The number of fused-ring (bicyclic) bond motifs is 1. The molecule has 3 aliphatic rings. The van der Waals surface area contributed by atoms with Crippen molar-refractivity contribution in [3.8, 4) is 0 Å². The van der Waals surface area contributed by atoms with E-state index in [1.54, 1.807) is 42.2 Å². The smallest absolute Gasteiger partial charge is 0.336 e. The lowest BCUT2D eigenvalue weighted by Crippen LogP contribution is -2.63. The van der Waals surface area contributed by atoms with Gasteiger partial charge in [-0.3, -0.25) is 19.3 Å². The summed E-state index contributed by atoms with van der Waals surface area (Å²) in [5.74, 6) is -1.80. The summed E-state index contributed by atoms with van der Waals surface area (Å²) in [6, 6.07) is 19.7. The first-order chi connectivity index (χ1) is 21.7. The van der Waals surface area contributed by atoms with Crippen LogP contribution in [0.5, 0.6) is 0 Å². The van der Waals surface area contributed by atoms with Crippen molar-refractivity contribution in [1.29, 1.82) is 0 Å². The van der Waals surface area contributed by atoms with Crippen molar-refractivity contribution in [3.63, 3.8) is 0 Å². The number of carbonyl (C=O) groups is 4. The fourth-order valence-corrected chi connectivity index (χ4v) is 6.83. The number of carbonyl (C=O) groups excluding carboxylic acids is 3. The van der Waals surface area contributed by atoms with E-state index in [4.69, 9.17) is 5.73 Å². The van der Waals surface area contributed by atoms with Gasteiger partial charge in [-0.1, -0.05) is 36.8 Å². The Morgan fingerprint density at radius 1 is 0.889 bits per heavy atom. The molecule has 2 saturated heterocycles. The maximum absolute atomic E-state index is 13.5. The molecule has 5 N–H and O–H groups in total. The summed E-state index contributed by atoms with van der Waals surface area (Å²) >= 11 is 0. The van der Waals surface area contributed by atoms with Crippen LogP contribution in [-0.4, -0.2) is 70.3 Å². The number of hydrogen-bond acceptors (Lipinski definition) is 6. The molecule has 0 unspecified atom stereocenters. The van der Waals surface area contributed by atoms with Crippen molar-refractivity contribution in [3.05, 3.63) is 94.5 Å². The summed E-state index contributed by atoms with van der Waals surface area (Å²) in [5, 5.41) is 15.8. The zero-order chi connectivity index (χ0) is 31.7. The number of aryl methyl sites for hydroxylation is 1. The molecule has 232 valence electrons. The molecule has 3 heterocycles. The monoisotopic (exact) mass is 607 g/mol. The van der Waals surface area contributed by atoms with E-state index in [9.17, 15) is 24.3 Å². The van der Waals surface area contributed by atoms with E-state index in [1.807, 2.05) is 30.3 Å². The fraction of sp³-hybridized carbons (Fsp3) is 0.314. The summed E-state index contributed by atoms with van der Waals surface area (Å²) < 4.78 is 0. The minimum Gasteiger partial charge on any atom is -0.478 e. The summed E-state index contributed by atoms with van der Waals surface area (Å²) in [5.41, 5.74) is 9.91. The Morgan fingerprint density at radius 2 is 1.56 bits per heavy atom. The quantitative estimate of drug-likeness (QED) is 0.288. The summed E-state index contributed by atoms with van der Waals surface area (Å²) in [4.78, 5) is 55.1. The van der Waals surface area contributed by atoms with Crippen LogP contribution in [0.2, 0.25) is 0 Å². The highest BCUT2D eigenvalue weighted by Crippen LogP contribution is 2.39. The first-order valence-electron chi connectivity index (χ1n) is 15.4. The van der Waals surface area contributed by atoms with Crippen molar-refractivity contribution in [2.45, 2.75) is 44.6 Å². The molecule has 3 aliphatic heterocycles. The third kappa shape index (κ3) is 5.69. The number of likely N-dealkylation sites (tertiary alicyclic amines) is 2. The molecular weight excluding hydrogens is 570 g/mol. The SMILES string of the molecule is Cc1cc2c(cc1C(=O)O)NC(=O)/C2=C(/Nc1ccc(C(=O)N2CCC(C(N)=O)(N3CCCCC3)CC2)cc1)c1ccccc1. The predicted octanol–water partition coefficient (Wildman–Crippen LogP) is 4.57. The molecule has 0 radical (unpaired) electrons. The average Bonchev–Trinajstić information content (AvgIpc) is 3.37. The fourth-order valence-electron chi connectivity index (χ4n) is 6.83. The van der Waals surface area contributed by atoms with Crippen LogP contribution >= 0.6 is 0 Å². The second-order valence-electron chi connectivity index (χ2n) is 12.0. The normalized spacial score (nSPS) is 19.0. The standard InChI is InChI=1S/C35H37N5O5/c1-22-20-27-28(21-26(22)33(43)44)38-31(41)29(27)30(23-8-4-2-5-9-23)37-25-12-10-24(11-13-25)32(42)39-18-14-35(15-19-39,34(36)45)40-16-6-3-7-17-40/h2,4-5,8-13,20-21,37H,3,6-7,14-19H2,1H3,(H2,36,45)(H,38,41)(H,43,44)/b30-29+. The lowest BCUT2D eigenvalue weighted by Gasteiger charge is -2.48.